The summed E-state index contributed by atoms with van der Waals surface area (Å²) >= 11 is 0. The highest BCUT2D eigenvalue weighted by molar-refractivity contribution is 5.53. The molecule has 3 rings (SSSR count). The average Bonchev–Trinajstić information content (AvgIpc) is 2.65. The Hall–Kier alpha value is -1.97. The summed E-state index contributed by atoms with van der Waals surface area (Å²) in [5.41, 5.74) is 2.79. The van der Waals surface area contributed by atoms with Gasteiger partial charge in [0, 0.05) is 23.5 Å². The Labute approximate surface area is 105 Å². The van der Waals surface area contributed by atoms with Gasteiger partial charge in [0.25, 0.3) is 5.56 Å². The Morgan fingerprint density at radius 1 is 1.06 bits per heavy atom. The molecule has 0 fully saturated rings. The molecule has 0 amide bonds. The predicted octanol–water partition coefficient (Wildman–Crippen LogP) is 2.10. The molecule has 0 saturated carbocycles. The third-order valence-electron chi connectivity index (χ3n) is 3.40. The number of pyridine rings is 1. The number of H-pyrrole nitrogens is 1. The Morgan fingerprint density at radius 3 is 2.67 bits per heavy atom. The molecule has 4 nitrogen and oxygen atoms in total. The van der Waals surface area contributed by atoms with Gasteiger partial charge in [-0.25, -0.2) is 4.98 Å². The summed E-state index contributed by atoms with van der Waals surface area (Å²) in [7, 11) is 0. The van der Waals surface area contributed by atoms with Gasteiger partial charge >= 0.3 is 0 Å². The van der Waals surface area contributed by atoms with Crippen LogP contribution in [0.4, 0.5) is 0 Å². The van der Waals surface area contributed by atoms with Crippen LogP contribution in [0.5, 0.6) is 0 Å². The van der Waals surface area contributed by atoms with Crippen LogP contribution in [0.25, 0.3) is 11.4 Å². The number of hydrogen-bond donors (Lipinski definition) is 1. The van der Waals surface area contributed by atoms with Crippen LogP contribution >= 0.6 is 0 Å². The van der Waals surface area contributed by atoms with Gasteiger partial charge in [0.2, 0.25) is 0 Å². The second-order valence-electron chi connectivity index (χ2n) is 4.64. The van der Waals surface area contributed by atoms with Gasteiger partial charge in [0.05, 0.1) is 5.69 Å². The zero-order chi connectivity index (χ0) is 12.4. The standard InChI is InChI=1S/C14H15N3O/c18-14-11-4-2-1-3-5-12(11)16-13(17-14)10-6-8-15-9-7-10/h6-9H,1-5H2,(H,16,17,18). The minimum absolute atomic E-state index is 0.0220. The quantitative estimate of drug-likeness (QED) is 0.778. The number of aromatic amines is 1. The van der Waals surface area contributed by atoms with E-state index in [2.05, 4.69) is 15.0 Å². The number of nitrogens with one attached hydrogen (secondary N) is 1. The van der Waals surface area contributed by atoms with E-state index in [0.29, 0.717) is 5.82 Å². The van der Waals surface area contributed by atoms with Gasteiger partial charge in [-0.2, -0.15) is 0 Å². The number of nitrogens with zero attached hydrogens (tertiary/aromatic N) is 2. The van der Waals surface area contributed by atoms with E-state index in [-0.39, 0.29) is 5.56 Å². The van der Waals surface area contributed by atoms with Gasteiger partial charge < -0.3 is 4.98 Å². The van der Waals surface area contributed by atoms with Crippen molar-refractivity contribution in [2.45, 2.75) is 32.1 Å². The molecule has 0 aromatic carbocycles. The average molecular weight is 241 g/mol. The highest BCUT2D eigenvalue weighted by Crippen LogP contribution is 2.19. The summed E-state index contributed by atoms with van der Waals surface area (Å²) in [6.45, 7) is 0. The second kappa shape index (κ2) is 4.72. The molecule has 0 radical (unpaired) electrons. The fourth-order valence-corrected chi connectivity index (χ4v) is 2.43. The molecular weight excluding hydrogens is 226 g/mol. The lowest BCUT2D eigenvalue weighted by Crippen LogP contribution is -2.18. The first-order valence-corrected chi connectivity index (χ1v) is 6.37. The normalized spacial score (nSPS) is 14.9. The molecule has 0 bridgehead atoms. The fourth-order valence-electron chi connectivity index (χ4n) is 2.43. The van der Waals surface area contributed by atoms with Crippen LogP contribution in [0.3, 0.4) is 0 Å². The first-order chi connectivity index (χ1) is 8.84. The van der Waals surface area contributed by atoms with Crippen molar-refractivity contribution in [2.24, 2.45) is 0 Å². The molecule has 1 N–H and O–H groups in total. The molecular formula is C14H15N3O. The predicted molar refractivity (Wildman–Crippen MR) is 69.3 cm³/mol. The third-order valence-corrected chi connectivity index (χ3v) is 3.40. The molecule has 1 aliphatic carbocycles. The van der Waals surface area contributed by atoms with Gasteiger partial charge in [-0.15, -0.1) is 0 Å². The minimum atomic E-state index is 0.0220. The van der Waals surface area contributed by atoms with Crippen molar-refractivity contribution >= 4 is 0 Å². The zero-order valence-electron chi connectivity index (χ0n) is 10.1. The summed E-state index contributed by atoms with van der Waals surface area (Å²) in [5.74, 6) is 0.656. The van der Waals surface area contributed by atoms with Gasteiger partial charge in [0.15, 0.2) is 0 Å². The molecule has 4 heteroatoms. The molecule has 0 atom stereocenters. The topological polar surface area (TPSA) is 58.6 Å². The molecule has 0 spiro atoms. The van der Waals surface area contributed by atoms with Crippen molar-refractivity contribution in [1.29, 1.82) is 0 Å². The van der Waals surface area contributed by atoms with Crippen LogP contribution in [-0.4, -0.2) is 15.0 Å². The van der Waals surface area contributed by atoms with E-state index in [1.54, 1.807) is 12.4 Å². The molecule has 0 aliphatic heterocycles. The van der Waals surface area contributed by atoms with Gasteiger partial charge in [-0.3, -0.25) is 9.78 Å². The van der Waals surface area contributed by atoms with Crippen LogP contribution in [0, 0.1) is 0 Å². The monoisotopic (exact) mass is 241 g/mol. The second-order valence-corrected chi connectivity index (χ2v) is 4.64. The van der Waals surface area contributed by atoms with Crippen LogP contribution in [0.1, 0.15) is 30.5 Å². The molecule has 92 valence electrons. The molecule has 18 heavy (non-hydrogen) atoms. The summed E-state index contributed by atoms with van der Waals surface area (Å²) in [6.07, 6.45) is 8.58. The lowest BCUT2D eigenvalue weighted by Gasteiger charge is -2.07. The Balaban J connectivity index is 2.11. The van der Waals surface area contributed by atoms with Crippen LogP contribution in [-0.2, 0) is 12.8 Å². The van der Waals surface area contributed by atoms with E-state index in [0.717, 1.165) is 42.5 Å². The third kappa shape index (κ3) is 2.06. The maximum Gasteiger partial charge on any atom is 0.254 e. The fraction of sp³-hybridized carbons (Fsp3) is 0.357. The zero-order valence-corrected chi connectivity index (χ0v) is 10.1. The SMILES string of the molecule is O=c1[nH]c(-c2ccncc2)nc2c1CCCCC2. The summed E-state index contributed by atoms with van der Waals surface area (Å²) in [5, 5.41) is 0. The van der Waals surface area contributed by atoms with Gasteiger partial charge in [0.1, 0.15) is 5.82 Å². The lowest BCUT2D eigenvalue weighted by atomic mass is 10.1. The number of rotatable bonds is 1. The number of hydrogen-bond acceptors (Lipinski definition) is 3. The molecule has 2 aromatic rings. The first kappa shape index (κ1) is 11.1. The minimum Gasteiger partial charge on any atom is -0.306 e. The Kier molecular flexibility index (Phi) is 2.92. The van der Waals surface area contributed by atoms with Gasteiger partial charge in [-0.05, 0) is 37.8 Å². The maximum absolute atomic E-state index is 12.1. The first-order valence-electron chi connectivity index (χ1n) is 6.37. The molecule has 2 heterocycles. The van der Waals surface area contributed by atoms with E-state index in [4.69, 9.17) is 0 Å². The van der Waals surface area contributed by atoms with Crippen molar-refractivity contribution in [3.05, 3.63) is 46.1 Å². The Bertz CT molecular complexity index is 604. The Morgan fingerprint density at radius 2 is 1.83 bits per heavy atom. The smallest absolute Gasteiger partial charge is 0.254 e. The largest absolute Gasteiger partial charge is 0.306 e. The van der Waals surface area contributed by atoms with Crippen molar-refractivity contribution in [2.75, 3.05) is 0 Å². The summed E-state index contributed by atoms with van der Waals surface area (Å²) < 4.78 is 0. The van der Waals surface area contributed by atoms with E-state index in [1.165, 1.54) is 6.42 Å². The van der Waals surface area contributed by atoms with Gasteiger partial charge in [-0.1, -0.05) is 6.42 Å². The molecule has 2 aromatic heterocycles. The molecule has 0 saturated heterocycles. The van der Waals surface area contributed by atoms with Crippen molar-refractivity contribution in [3.63, 3.8) is 0 Å². The van der Waals surface area contributed by atoms with Crippen molar-refractivity contribution in [3.8, 4) is 11.4 Å². The van der Waals surface area contributed by atoms with Crippen LogP contribution in [0.15, 0.2) is 29.3 Å². The highest BCUT2D eigenvalue weighted by Gasteiger charge is 2.14. The highest BCUT2D eigenvalue weighted by atomic mass is 16.1. The van der Waals surface area contributed by atoms with E-state index >= 15 is 0 Å². The number of fused-ring (bicyclic) bond motifs is 1. The number of aromatic nitrogens is 3. The summed E-state index contributed by atoms with van der Waals surface area (Å²) in [6, 6.07) is 3.72. The number of aryl methyl sites for hydroxylation is 1. The van der Waals surface area contributed by atoms with Crippen molar-refractivity contribution < 1.29 is 0 Å². The summed E-state index contributed by atoms with van der Waals surface area (Å²) in [4.78, 5) is 23.6. The lowest BCUT2D eigenvalue weighted by molar-refractivity contribution is 0.708. The van der Waals surface area contributed by atoms with Crippen LogP contribution in [0.2, 0.25) is 0 Å². The molecule has 1 aliphatic rings. The van der Waals surface area contributed by atoms with E-state index in [9.17, 15) is 4.79 Å². The molecule has 0 unspecified atom stereocenters. The van der Waals surface area contributed by atoms with E-state index in [1.807, 2.05) is 12.1 Å². The van der Waals surface area contributed by atoms with Crippen molar-refractivity contribution in [1.82, 2.24) is 15.0 Å². The van der Waals surface area contributed by atoms with E-state index < -0.39 is 0 Å². The van der Waals surface area contributed by atoms with Crippen LogP contribution < -0.4 is 5.56 Å². The maximum atomic E-state index is 12.1.